The highest BCUT2D eigenvalue weighted by molar-refractivity contribution is 5.48. The van der Waals surface area contributed by atoms with Crippen LogP contribution in [0.25, 0.3) is 0 Å². The minimum atomic E-state index is -0.479. The molecule has 1 aromatic heterocycles. The maximum atomic E-state index is 10.5. The van der Waals surface area contributed by atoms with E-state index in [2.05, 4.69) is 29.0 Å². The first-order valence-corrected chi connectivity index (χ1v) is 5.68. The Morgan fingerprint density at radius 1 is 1.53 bits per heavy atom. The number of nitrogens with zero attached hydrogens (tertiary/aromatic N) is 3. The molecule has 1 saturated heterocycles. The van der Waals surface area contributed by atoms with Gasteiger partial charge in [-0.3, -0.25) is 0 Å². The highest BCUT2D eigenvalue weighted by atomic mass is 16.6. The third kappa shape index (κ3) is 2.52. The quantitative estimate of drug-likeness (QED) is 0.616. The van der Waals surface area contributed by atoms with E-state index in [1.165, 1.54) is 6.07 Å². The van der Waals surface area contributed by atoms with E-state index >= 15 is 0 Å². The molecule has 2 rings (SSSR count). The molecule has 0 saturated carbocycles. The maximum absolute atomic E-state index is 10.5. The molecule has 1 aliphatic rings. The molecule has 0 bridgehead atoms. The zero-order valence-electron chi connectivity index (χ0n) is 9.96. The van der Waals surface area contributed by atoms with Gasteiger partial charge in [-0.15, -0.1) is 0 Å². The molecule has 1 N–H and O–H groups in total. The smallest absolute Gasteiger partial charge is 0.363 e. The van der Waals surface area contributed by atoms with Gasteiger partial charge >= 0.3 is 5.82 Å². The van der Waals surface area contributed by atoms with Crippen LogP contribution in [0.15, 0.2) is 18.3 Å². The van der Waals surface area contributed by atoms with Crippen molar-refractivity contribution >= 4 is 11.5 Å². The molecule has 0 unspecified atom stereocenters. The highest BCUT2D eigenvalue weighted by Gasteiger charge is 2.23. The molecule has 2 heterocycles. The number of rotatable bonds is 2. The van der Waals surface area contributed by atoms with Gasteiger partial charge in [0.15, 0.2) is 6.20 Å². The SMILES string of the molecule is C[C@@H]1CN(c2ccc([N+](=O)[O-])nc2)[C@@H](C)CN1. The predicted octanol–water partition coefficient (Wildman–Crippen LogP) is 1.18. The number of nitro groups is 1. The number of piperazine rings is 1. The molecule has 0 radical (unpaired) electrons. The van der Waals surface area contributed by atoms with Crippen molar-refractivity contribution in [3.05, 3.63) is 28.4 Å². The van der Waals surface area contributed by atoms with Gasteiger partial charge in [-0.2, -0.15) is 0 Å². The minimum absolute atomic E-state index is 0.107. The second kappa shape index (κ2) is 4.67. The Kier molecular flexibility index (Phi) is 3.23. The van der Waals surface area contributed by atoms with E-state index in [-0.39, 0.29) is 5.82 Å². The molecule has 17 heavy (non-hydrogen) atoms. The van der Waals surface area contributed by atoms with Gasteiger partial charge in [-0.1, -0.05) is 0 Å². The number of hydrogen-bond acceptors (Lipinski definition) is 5. The van der Waals surface area contributed by atoms with Gasteiger partial charge in [0.25, 0.3) is 0 Å². The van der Waals surface area contributed by atoms with E-state index < -0.39 is 4.92 Å². The second-order valence-corrected chi connectivity index (χ2v) is 4.44. The maximum Gasteiger partial charge on any atom is 0.363 e. The zero-order valence-corrected chi connectivity index (χ0v) is 9.96. The number of pyridine rings is 1. The molecule has 2 atom stereocenters. The van der Waals surface area contributed by atoms with Crippen molar-refractivity contribution in [3.8, 4) is 0 Å². The van der Waals surface area contributed by atoms with Gasteiger partial charge in [0.2, 0.25) is 0 Å². The van der Waals surface area contributed by atoms with Crippen LogP contribution in [0, 0.1) is 10.1 Å². The fourth-order valence-corrected chi connectivity index (χ4v) is 2.04. The second-order valence-electron chi connectivity index (χ2n) is 4.44. The molecular formula is C11H16N4O2. The third-order valence-corrected chi connectivity index (χ3v) is 3.02. The zero-order chi connectivity index (χ0) is 12.4. The van der Waals surface area contributed by atoms with Crippen LogP contribution in [0.3, 0.4) is 0 Å². The summed E-state index contributed by atoms with van der Waals surface area (Å²) in [5.74, 6) is -0.107. The summed E-state index contributed by atoms with van der Waals surface area (Å²) in [5, 5.41) is 13.9. The van der Waals surface area contributed by atoms with E-state index in [4.69, 9.17) is 0 Å². The Morgan fingerprint density at radius 3 is 2.88 bits per heavy atom. The summed E-state index contributed by atoms with van der Waals surface area (Å²) in [6.07, 6.45) is 1.58. The fraction of sp³-hybridized carbons (Fsp3) is 0.545. The van der Waals surface area contributed by atoms with Crippen molar-refractivity contribution < 1.29 is 4.92 Å². The lowest BCUT2D eigenvalue weighted by Crippen LogP contribution is -2.54. The lowest BCUT2D eigenvalue weighted by atomic mass is 10.1. The summed E-state index contributed by atoms with van der Waals surface area (Å²) < 4.78 is 0. The van der Waals surface area contributed by atoms with Crippen molar-refractivity contribution in [2.75, 3.05) is 18.0 Å². The third-order valence-electron chi connectivity index (χ3n) is 3.02. The van der Waals surface area contributed by atoms with E-state index in [9.17, 15) is 10.1 Å². The number of nitrogens with one attached hydrogen (secondary N) is 1. The summed E-state index contributed by atoms with van der Waals surface area (Å²) in [4.78, 5) is 16.1. The van der Waals surface area contributed by atoms with Gasteiger partial charge in [0.1, 0.15) is 0 Å². The topological polar surface area (TPSA) is 71.3 Å². The van der Waals surface area contributed by atoms with E-state index in [1.807, 2.05) is 0 Å². The van der Waals surface area contributed by atoms with Crippen LogP contribution in [0.5, 0.6) is 0 Å². The van der Waals surface area contributed by atoms with Crippen LogP contribution in [-0.4, -0.2) is 35.1 Å². The number of hydrogen-bond donors (Lipinski definition) is 1. The highest BCUT2D eigenvalue weighted by Crippen LogP contribution is 2.20. The molecule has 6 nitrogen and oxygen atoms in total. The molecular weight excluding hydrogens is 220 g/mol. The summed E-state index contributed by atoms with van der Waals surface area (Å²) in [6.45, 7) is 6.05. The Hall–Kier alpha value is -1.69. The summed E-state index contributed by atoms with van der Waals surface area (Å²) >= 11 is 0. The van der Waals surface area contributed by atoms with Crippen LogP contribution < -0.4 is 10.2 Å². The molecule has 92 valence electrons. The monoisotopic (exact) mass is 236 g/mol. The van der Waals surface area contributed by atoms with Crippen molar-refractivity contribution in [1.29, 1.82) is 0 Å². The molecule has 1 fully saturated rings. The van der Waals surface area contributed by atoms with Crippen molar-refractivity contribution in [2.24, 2.45) is 0 Å². The lowest BCUT2D eigenvalue weighted by Gasteiger charge is -2.38. The van der Waals surface area contributed by atoms with Gasteiger partial charge < -0.3 is 20.3 Å². The van der Waals surface area contributed by atoms with Crippen molar-refractivity contribution in [1.82, 2.24) is 10.3 Å². The Bertz CT molecular complexity index is 406. The molecule has 6 heteroatoms. The summed E-state index contributed by atoms with van der Waals surface area (Å²) in [5.41, 5.74) is 0.941. The predicted molar refractivity (Wildman–Crippen MR) is 65.2 cm³/mol. The van der Waals surface area contributed by atoms with E-state index in [1.54, 1.807) is 12.3 Å². The first-order valence-electron chi connectivity index (χ1n) is 5.68. The normalized spacial score (nSPS) is 24.7. The van der Waals surface area contributed by atoms with Gasteiger partial charge in [-0.05, 0) is 29.8 Å². The van der Waals surface area contributed by atoms with Gasteiger partial charge in [-0.25, -0.2) is 0 Å². The summed E-state index contributed by atoms with van der Waals surface area (Å²) in [7, 11) is 0. The van der Waals surface area contributed by atoms with E-state index in [0.29, 0.717) is 12.1 Å². The summed E-state index contributed by atoms with van der Waals surface area (Å²) in [6, 6.07) is 4.00. The Balaban J connectivity index is 2.18. The van der Waals surface area contributed by atoms with Crippen LogP contribution in [0.4, 0.5) is 11.5 Å². The van der Waals surface area contributed by atoms with Gasteiger partial charge in [0.05, 0.1) is 5.69 Å². The lowest BCUT2D eigenvalue weighted by molar-refractivity contribution is -0.389. The fourth-order valence-electron chi connectivity index (χ4n) is 2.04. The first kappa shape index (κ1) is 11.8. The molecule has 0 aliphatic carbocycles. The molecule has 0 spiro atoms. The molecule has 1 aliphatic heterocycles. The number of aromatic nitrogens is 1. The Morgan fingerprint density at radius 2 is 2.29 bits per heavy atom. The van der Waals surface area contributed by atoms with E-state index in [0.717, 1.165) is 18.8 Å². The first-order chi connectivity index (χ1) is 8.08. The van der Waals surface area contributed by atoms with Gasteiger partial charge in [0, 0.05) is 31.2 Å². The van der Waals surface area contributed by atoms with Crippen LogP contribution in [0.2, 0.25) is 0 Å². The molecule has 1 aromatic rings. The van der Waals surface area contributed by atoms with Crippen LogP contribution >= 0.6 is 0 Å². The molecule has 0 amide bonds. The van der Waals surface area contributed by atoms with Crippen molar-refractivity contribution in [2.45, 2.75) is 25.9 Å². The average Bonchev–Trinajstić information content (AvgIpc) is 2.32. The van der Waals surface area contributed by atoms with Crippen molar-refractivity contribution in [3.63, 3.8) is 0 Å². The number of anilines is 1. The Labute approximate surface area is 99.8 Å². The largest absolute Gasteiger partial charge is 0.363 e. The molecule has 0 aromatic carbocycles. The standard InChI is InChI=1S/C11H16N4O2/c1-8-7-14(9(2)5-12-8)10-3-4-11(13-6-10)15(16)17/h3-4,6,8-9,12H,5,7H2,1-2H3/t8-,9+/m1/s1. The average molecular weight is 236 g/mol. The van der Waals surface area contributed by atoms with Crippen LogP contribution in [0.1, 0.15) is 13.8 Å². The van der Waals surface area contributed by atoms with Crippen LogP contribution in [-0.2, 0) is 0 Å². The minimum Gasteiger partial charge on any atom is -0.363 e.